The molecule has 5 aromatic heterocycles. The normalized spacial score (nSPS) is 12.1. The first-order chi connectivity index (χ1) is 34.2. The molecule has 0 atom stereocenters. The summed E-state index contributed by atoms with van der Waals surface area (Å²) in [7, 11) is 0. The number of benzene rings is 10. The number of hydrogen-bond acceptors (Lipinski definition) is 3. The van der Waals surface area contributed by atoms with Crippen molar-refractivity contribution in [3.8, 4) is 55.9 Å². The molecule has 7 heteroatoms. The Balaban J connectivity index is 0.904. The van der Waals surface area contributed by atoms with Gasteiger partial charge in [-0.05, 0) is 111 Å². The Morgan fingerprint density at radius 3 is 1.45 bits per heavy atom. The van der Waals surface area contributed by atoms with Crippen molar-refractivity contribution in [1.29, 1.82) is 0 Å². The van der Waals surface area contributed by atoms with Crippen molar-refractivity contribution < 1.29 is 0 Å². The van der Waals surface area contributed by atoms with Gasteiger partial charge in [0.05, 0.1) is 54.5 Å². The summed E-state index contributed by atoms with van der Waals surface area (Å²) in [6.45, 7) is 0. The van der Waals surface area contributed by atoms with Gasteiger partial charge in [0.25, 0.3) is 0 Å². The van der Waals surface area contributed by atoms with Gasteiger partial charge in [-0.1, -0.05) is 164 Å². The second kappa shape index (κ2) is 14.7. The SMILES string of the molecule is c1ccc(-c2ccc(-c3cccc(-n4c5ccc(-c6ccc7c(c6)n6c8ccccc8nc6n7-c6cccc7c6sc6c(-c8ccccc8)cccc67)cc5n5c6ccccc6nc45)c3)cc2)cc1. The van der Waals surface area contributed by atoms with Crippen LogP contribution in [0.5, 0.6) is 0 Å². The molecule has 0 bridgehead atoms. The minimum atomic E-state index is 0.880. The van der Waals surface area contributed by atoms with Gasteiger partial charge >= 0.3 is 0 Å². The Morgan fingerprint density at radius 2 is 0.783 bits per heavy atom. The first kappa shape index (κ1) is 38.1. The number of fused-ring (bicyclic) bond motifs is 13. The number of aromatic nitrogens is 6. The van der Waals surface area contributed by atoms with Crippen molar-refractivity contribution >= 4 is 87.2 Å². The number of thiophene rings is 1. The smallest absolute Gasteiger partial charge is 0.220 e. The first-order valence-corrected chi connectivity index (χ1v) is 24.1. The molecule has 10 aromatic carbocycles. The van der Waals surface area contributed by atoms with Crippen LogP contribution in [-0.2, 0) is 0 Å². The summed E-state index contributed by atoms with van der Waals surface area (Å²) in [6.07, 6.45) is 0. The fourth-order valence-electron chi connectivity index (χ4n) is 10.8. The Labute approximate surface area is 399 Å². The lowest BCUT2D eigenvalue weighted by Gasteiger charge is -2.10. The lowest BCUT2D eigenvalue weighted by molar-refractivity contribution is 1.11. The van der Waals surface area contributed by atoms with Gasteiger partial charge in [-0.25, -0.2) is 9.97 Å². The first-order valence-electron chi connectivity index (χ1n) is 23.3. The van der Waals surface area contributed by atoms with Gasteiger partial charge < -0.3 is 0 Å². The van der Waals surface area contributed by atoms with Crippen molar-refractivity contribution in [3.63, 3.8) is 0 Å². The molecule has 5 heterocycles. The van der Waals surface area contributed by atoms with E-state index >= 15 is 0 Å². The van der Waals surface area contributed by atoms with E-state index in [1.807, 2.05) is 11.3 Å². The van der Waals surface area contributed by atoms with Crippen LogP contribution in [0.1, 0.15) is 0 Å². The molecule has 0 spiro atoms. The molecule has 0 fully saturated rings. The average molecular weight is 899 g/mol. The van der Waals surface area contributed by atoms with Gasteiger partial charge in [0.1, 0.15) is 0 Å². The van der Waals surface area contributed by atoms with Crippen LogP contribution in [0.3, 0.4) is 0 Å². The molecule has 0 aliphatic heterocycles. The summed E-state index contributed by atoms with van der Waals surface area (Å²) < 4.78 is 11.9. The molecule has 15 rings (SSSR count). The van der Waals surface area contributed by atoms with E-state index in [4.69, 9.17) is 9.97 Å². The summed E-state index contributed by atoms with van der Waals surface area (Å²) in [5.41, 5.74) is 20.1. The van der Waals surface area contributed by atoms with Gasteiger partial charge in [-0.3, -0.25) is 17.9 Å². The minimum absolute atomic E-state index is 0.880. The van der Waals surface area contributed by atoms with Crippen molar-refractivity contribution in [1.82, 2.24) is 27.9 Å². The summed E-state index contributed by atoms with van der Waals surface area (Å²) in [5.74, 6) is 1.77. The molecule has 0 unspecified atom stereocenters. The predicted octanol–water partition coefficient (Wildman–Crippen LogP) is 16.2. The average Bonchev–Trinajstić information content (AvgIpc) is 4.23. The van der Waals surface area contributed by atoms with E-state index in [0.29, 0.717) is 0 Å². The second-order valence-corrected chi connectivity index (χ2v) is 18.9. The molecular weight excluding hydrogens is 861 g/mol. The zero-order chi connectivity index (χ0) is 45.2. The summed E-state index contributed by atoms with van der Waals surface area (Å²) in [5, 5.41) is 2.52. The molecule has 0 saturated heterocycles. The van der Waals surface area contributed by atoms with Crippen molar-refractivity contribution in [2.75, 3.05) is 0 Å². The Kier molecular flexibility index (Phi) is 8.13. The number of rotatable bonds is 6. The van der Waals surface area contributed by atoms with Crippen LogP contribution >= 0.6 is 11.3 Å². The van der Waals surface area contributed by atoms with Crippen LogP contribution in [0, 0.1) is 0 Å². The van der Waals surface area contributed by atoms with Crippen LogP contribution in [0.2, 0.25) is 0 Å². The van der Waals surface area contributed by atoms with Gasteiger partial charge in [-0.15, -0.1) is 11.3 Å². The lowest BCUT2D eigenvalue weighted by atomic mass is 10.00. The molecule has 0 aliphatic carbocycles. The Morgan fingerprint density at radius 1 is 0.304 bits per heavy atom. The van der Waals surface area contributed by atoms with Crippen LogP contribution in [0.25, 0.3) is 132 Å². The summed E-state index contributed by atoms with van der Waals surface area (Å²) in [6, 6.07) is 83.1. The van der Waals surface area contributed by atoms with Crippen molar-refractivity contribution in [3.05, 3.63) is 231 Å². The highest BCUT2D eigenvalue weighted by atomic mass is 32.1. The maximum atomic E-state index is 5.35. The van der Waals surface area contributed by atoms with Gasteiger partial charge in [0.15, 0.2) is 0 Å². The van der Waals surface area contributed by atoms with E-state index in [0.717, 1.165) is 83.8 Å². The lowest BCUT2D eigenvalue weighted by Crippen LogP contribution is -1.95. The molecule has 6 nitrogen and oxygen atoms in total. The summed E-state index contributed by atoms with van der Waals surface area (Å²) >= 11 is 1.87. The zero-order valence-electron chi connectivity index (χ0n) is 37.0. The highest BCUT2D eigenvalue weighted by Gasteiger charge is 2.23. The highest BCUT2D eigenvalue weighted by Crippen LogP contribution is 2.44. The van der Waals surface area contributed by atoms with Crippen LogP contribution < -0.4 is 0 Å². The predicted molar refractivity (Wildman–Crippen MR) is 287 cm³/mol. The van der Waals surface area contributed by atoms with Crippen LogP contribution in [0.15, 0.2) is 231 Å². The van der Waals surface area contributed by atoms with Gasteiger partial charge in [-0.2, -0.15) is 0 Å². The number of hydrogen-bond donors (Lipinski definition) is 0. The minimum Gasteiger partial charge on any atom is -0.278 e. The van der Waals surface area contributed by atoms with Crippen LogP contribution in [0.4, 0.5) is 0 Å². The third-order valence-electron chi connectivity index (χ3n) is 14.0. The fourth-order valence-corrected chi connectivity index (χ4v) is 12.1. The van der Waals surface area contributed by atoms with E-state index in [1.54, 1.807) is 0 Å². The van der Waals surface area contributed by atoms with E-state index in [2.05, 4.69) is 248 Å². The molecule has 15 aromatic rings. The molecule has 0 saturated carbocycles. The largest absolute Gasteiger partial charge is 0.278 e. The molecule has 0 aliphatic rings. The molecule has 322 valence electrons. The Hall–Kier alpha value is -9.04. The van der Waals surface area contributed by atoms with E-state index in [-0.39, 0.29) is 0 Å². The van der Waals surface area contributed by atoms with Gasteiger partial charge in [0, 0.05) is 21.2 Å². The standard InChI is InChI=1S/C62H38N6S/c1-3-14-39(15-4-1)40-28-30-41(31-29-40)43-18-11-19-46(36-43)65-54-34-32-44(37-57(54)66-52-25-9-7-23-50(52)63-61(65)66)45-33-35-55-58(38-45)67-53-26-10-8-24-51(53)64-62(67)68(55)56-27-13-22-49-48-21-12-20-47(59(48)69-60(49)56)42-16-5-2-6-17-42/h1-38H. The molecule has 69 heavy (non-hydrogen) atoms. The monoisotopic (exact) mass is 898 g/mol. The van der Waals surface area contributed by atoms with Gasteiger partial charge in [0.2, 0.25) is 11.6 Å². The topological polar surface area (TPSA) is 44.5 Å². The van der Waals surface area contributed by atoms with Crippen molar-refractivity contribution in [2.24, 2.45) is 0 Å². The van der Waals surface area contributed by atoms with Crippen LogP contribution in [-0.4, -0.2) is 27.9 Å². The summed E-state index contributed by atoms with van der Waals surface area (Å²) in [4.78, 5) is 10.6. The number of nitrogens with zero attached hydrogens (tertiary/aromatic N) is 6. The molecule has 0 amide bonds. The molecular formula is C62H38N6S. The zero-order valence-corrected chi connectivity index (χ0v) is 37.8. The molecule has 0 N–H and O–H groups in total. The quantitative estimate of drug-likeness (QED) is 0.167. The number of para-hydroxylation sites is 4. The maximum Gasteiger partial charge on any atom is 0.220 e. The third-order valence-corrected chi connectivity index (χ3v) is 15.3. The molecule has 0 radical (unpaired) electrons. The van der Waals surface area contributed by atoms with Crippen molar-refractivity contribution in [2.45, 2.75) is 0 Å². The second-order valence-electron chi connectivity index (χ2n) is 17.8. The fraction of sp³-hybridized carbons (Fsp3) is 0. The van der Waals surface area contributed by atoms with E-state index < -0.39 is 0 Å². The number of imidazole rings is 4. The maximum absolute atomic E-state index is 5.35. The third kappa shape index (κ3) is 5.71. The van der Waals surface area contributed by atoms with E-state index in [1.165, 1.54) is 48.0 Å². The van der Waals surface area contributed by atoms with E-state index in [9.17, 15) is 0 Å². The highest BCUT2D eigenvalue weighted by molar-refractivity contribution is 7.26. The Bertz CT molecular complexity index is 4530.